The van der Waals surface area contributed by atoms with E-state index in [-0.39, 0.29) is 17.1 Å². The van der Waals surface area contributed by atoms with E-state index in [9.17, 15) is 17.3 Å². The Morgan fingerprint density at radius 1 is 0.810 bits per heavy atom. The van der Waals surface area contributed by atoms with E-state index in [4.69, 9.17) is 14.0 Å². The zero-order valence-electron chi connectivity index (χ0n) is 10.2. The van der Waals surface area contributed by atoms with Crippen LogP contribution in [0.5, 0.6) is 0 Å². The Morgan fingerprint density at radius 2 is 1.19 bits per heavy atom. The average Bonchev–Trinajstić information content (AvgIpc) is 2.92. The van der Waals surface area contributed by atoms with Crippen molar-refractivity contribution >= 4 is 18.2 Å². The molecular formula is C11H7BF4MnNO3-. The van der Waals surface area contributed by atoms with Crippen molar-refractivity contribution in [2.45, 2.75) is 0 Å². The molecule has 1 aromatic carbocycles. The van der Waals surface area contributed by atoms with Crippen LogP contribution in [0.4, 0.5) is 17.3 Å². The second-order valence-corrected chi connectivity index (χ2v) is 2.56. The van der Waals surface area contributed by atoms with E-state index >= 15 is 0 Å². The summed E-state index contributed by atoms with van der Waals surface area (Å²) in [4.78, 5) is 3.12. The molecule has 0 aliphatic heterocycles. The number of aromatic amines is 1. The molecule has 0 saturated heterocycles. The molecule has 0 unspecified atom stereocenters. The van der Waals surface area contributed by atoms with Gasteiger partial charge in [-0.3, -0.25) is 0 Å². The van der Waals surface area contributed by atoms with Crippen molar-refractivity contribution in [1.29, 1.82) is 0 Å². The van der Waals surface area contributed by atoms with Gasteiger partial charge in [-0.25, -0.2) is 0 Å². The number of benzene rings is 1. The summed E-state index contributed by atoms with van der Waals surface area (Å²) in [6.07, 6.45) is 1.95. The Balaban J connectivity index is -0.000000106. The van der Waals surface area contributed by atoms with E-state index in [1.54, 1.807) is 0 Å². The largest absolute Gasteiger partial charge is 0.361 e. The summed E-state index contributed by atoms with van der Waals surface area (Å²) in [5, 5.41) is 1.28. The van der Waals surface area contributed by atoms with Crippen molar-refractivity contribution in [2.75, 3.05) is 0 Å². The molecule has 1 aromatic heterocycles. The molecule has 0 aliphatic carbocycles. The van der Waals surface area contributed by atoms with Gasteiger partial charge in [-0.2, -0.15) is 0 Å². The first kappa shape index (κ1) is 27.6. The molecule has 1 N–H and O–H groups in total. The number of hydrogen-bond donors (Lipinski definition) is 1. The SMILES string of the molecule is F[B-](F)(F)F.[C-]#[O+].[C-]#[O+].[C-]#[O+].[Mn].c1ccc2[nH]ccc2c1. The van der Waals surface area contributed by atoms with Gasteiger partial charge in [-0.15, -0.1) is 0 Å². The number of fused-ring (bicyclic) bond motifs is 1. The number of hydrogen-bond acceptors (Lipinski definition) is 0. The van der Waals surface area contributed by atoms with Gasteiger partial charge in [0, 0.05) is 28.8 Å². The minimum atomic E-state index is -6.00. The van der Waals surface area contributed by atoms with Gasteiger partial charge < -0.3 is 22.2 Å². The Hall–Kier alpha value is -1.72. The third-order valence-corrected chi connectivity index (χ3v) is 1.46. The van der Waals surface area contributed by atoms with E-state index in [1.165, 1.54) is 10.9 Å². The third-order valence-electron chi connectivity index (χ3n) is 1.46. The maximum Gasteiger partial charge on any atom is 0.0453 e. The van der Waals surface area contributed by atoms with Gasteiger partial charge >= 0.3 is 41.2 Å². The maximum absolute atomic E-state index is 9.75. The summed E-state index contributed by atoms with van der Waals surface area (Å²) in [7, 11) is -6.00. The fraction of sp³-hybridized carbons (Fsp3) is 0. The van der Waals surface area contributed by atoms with Crippen LogP contribution in [0, 0.1) is 20.0 Å². The fourth-order valence-corrected chi connectivity index (χ4v) is 0.995. The minimum Gasteiger partial charge on any atom is -0.361 e. The molecule has 0 bridgehead atoms. The normalized spacial score (nSPS) is 7.52. The number of aromatic nitrogens is 1. The molecule has 0 aliphatic rings. The first-order chi connectivity index (χ1) is 9.47. The fourth-order valence-electron chi connectivity index (χ4n) is 0.995. The average molecular weight is 343 g/mol. The van der Waals surface area contributed by atoms with E-state index in [0.717, 1.165) is 0 Å². The predicted octanol–water partition coefficient (Wildman–Crippen LogP) is 3.35. The smallest absolute Gasteiger partial charge is 0.0453 e. The Labute approximate surface area is 128 Å². The minimum absolute atomic E-state index is 0. The molecule has 2 rings (SSSR count). The second kappa shape index (κ2) is 18.3. The van der Waals surface area contributed by atoms with E-state index in [1.807, 2.05) is 18.3 Å². The van der Waals surface area contributed by atoms with Gasteiger partial charge in [0.05, 0.1) is 0 Å². The van der Waals surface area contributed by atoms with Crippen LogP contribution < -0.4 is 0 Å². The van der Waals surface area contributed by atoms with Crippen LogP contribution in [0.15, 0.2) is 36.5 Å². The quantitative estimate of drug-likeness (QED) is 0.330. The molecule has 0 spiro atoms. The number of H-pyrrole nitrogens is 1. The monoisotopic (exact) mass is 343 g/mol. The molecule has 0 saturated carbocycles. The van der Waals surface area contributed by atoms with Crippen LogP contribution in [0.1, 0.15) is 0 Å². The van der Waals surface area contributed by atoms with Gasteiger partial charge in [-0.05, 0) is 17.5 Å². The van der Waals surface area contributed by atoms with E-state index < -0.39 is 7.25 Å². The molecule has 2 aromatic rings. The van der Waals surface area contributed by atoms with Crippen LogP contribution >= 0.6 is 0 Å². The van der Waals surface area contributed by atoms with Crippen LogP contribution in [0.2, 0.25) is 0 Å². The molecule has 1 heterocycles. The maximum atomic E-state index is 9.75. The van der Waals surface area contributed by atoms with Crippen LogP contribution in [0.3, 0.4) is 0 Å². The van der Waals surface area contributed by atoms with Crippen molar-refractivity contribution < 1.29 is 48.3 Å². The Bertz CT molecular complexity index is 475. The molecule has 0 amide bonds. The topological polar surface area (TPSA) is 75.5 Å². The summed E-state index contributed by atoms with van der Waals surface area (Å²) < 4.78 is 61.5. The van der Waals surface area contributed by atoms with Gasteiger partial charge in [0.25, 0.3) is 0 Å². The Kier molecular flexibility index (Phi) is 24.0. The van der Waals surface area contributed by atoms with Crippen LogP contribution in [-0.4, -0.2) is 12.2 Å². The third kappa shape index (κ3) is 20.8. The summed E-state index contributed by atoms with van der Waals surface area (Å²) in [6, 6.07) is 10.3. The first-order valence-corrected chi connectivity index (χ1v) is 4.47. The summed E-state index contributed by atoms with van der Waals surface area (Å²) in [5.74, 6) is 0. The van der Waals surface area contributed by atoms with Crippen molar-refractivity contribution in [3.63, 3.8) is 0 Å². The zero-order chi connectivity index (χ0) is 16.6. The number of rotatable bonds is 0. The van der Waals surface area contributed by atoms with E-state index in [2.05, 4.69) is 43.1 Å². The van der Waals surface area contributed by atoms with Crippen molar-refractivity contribution in [1.82, 2.24) is 4.98 Å². The van der Waals surface area contributed by atoms with Gasteiger partial charge in [0.2, 0.25) is 0 Å². The van der Waals surface area contributed by atoms with Gasteiger partial charge in [-0.1, -0.05) is 18.2 Å². The molecule has 10 heteroatoms. The molecule has 1 radical (unpaired) electrons. The molecule has 4 nitrogen and oxygen atoms in total. The number of para-hydroxylation sites is 1. The predicted molar refractivity (Wildman–Crippen MR) is 60.3 cm³/mol. The van der Waals surface area contributed by atoms with Crippen molar-refractivity contribution in [2.24, 2.45) is 0 Å². The van der Waals surface area contributed by atoms with Crippen molar-refractivity contribution in [3.8, 4) is 0 Å². The molecular weight excluding hydrogens is 336 g/mol. The van der Waals surface area contributed by atoms with Crippen LogP contribution in [0.25, 0.3) is 10.9 Å². The summed E-state index contributed by atoms with van der Waals surface area (Å²) >= 11 is 0. The zero-order valence-corrected chi connectivity index (χ0v) is 11.3. The molecule has 113 valence electrons. The molecule has 0 fully saturated rings. The summed E-state index contributed by atoms with van der Waals surface area (Å²) in [6.45, 7) is 13.5. The standard InChI is InChI=1S/C8H7N.3CO.BF4.Mn/c1-2-4-8-7(3-1)5-6-9-8;3*1-2;2-1(3,4)5;/h1-6,9H;;;;;/q;;;;-1;. The second-order valence-electron chi connectivity index (χ2n) is 2.56. The Morgan fingerprint density at radius 3 is 1.57 bits per heavy atom. The van der Waals surface area contributed by atoms with Gasteiger partial charge in [0.1, 0.15) is 0 Å². The first-order valence-electron chi connectivity index (χ1n) is 4.47. The van der Waals surface area contributed by atoms with Crippen LogP contribution in [-0.2, 0) is 31.0 Å². The number of halogens is 4. The van der Waals surface area contributed by atoms with Crippen molar-refractivity contribution in [3.05, 3.63) is 56.5 Å². The molecule has 21 heavy (non-hydrogen) atoms. The van der Waals surface area contributed by atoms with Gasteiger partial charge in [0.15, 0.2) is 0 Å². The van der Waals surface area contributed by atoms with E-state index in [0.29, 0.717) is 0 Å². The molecule has 0 atom stereocenters. The summed E-state index contributed by atoms with van der Waals surface area (Å²) in [5.41, 5.74) is 1.21. The number of nitrogens with one attached hydrogen (secondary N) is 1.